The van der Waals surface area contributed by atoms with Crippen molar-refractivity contribution in [3.05, 3.63) is 130 Å². The first-order chi connectivity index (χ1) is 22.3. The molecule has 1 atom stereocenters. The molecule has 220 valence electrons. The molecule has 0 aliphatic carbocycles. The molecule has 4 aromatic rings. The molecule has 5 rings (SSSR count). The summed E-state index contributed by atoms with van der Waals surface area (Å²) in [6.45, 7) is 0.109. The van der Waals surface area contributed by atoms with Crippen molar-refractivity contribution in [1.82, 2.24) is 0 Å². The third kappa shape index (κ3) is 6.79. The Morgan fingerprint density at radius 2 is 1.35 bits per heavy atom. The van der Waals surface area contributed by atoms with E-state index in [4.69, 9.17) is 10.5 Å². The third-order valence-corrected chi connectivity index (χ3v) is 7.38. The normalized spacial score (nSPS) is 13.0. The number of hydrogen-bond acceptors (Lipinski definition) is 7. The zero-order chi connectivity index (χ0) is 32.6. The van der Waals surface area contributed by atoms with Gasteiger partial charge in [0.1, 0.15) is 6.42 Å². The minimum absolute atomic E-state index is 0.109. The molecule has 0 fully saturated rings. The molecule has 46 heavy (non-hydrogen) atoms. The summed E-state index contributed by atoms with van der Waals surface area (Å²) in [5.41, 5.74) is 4.95. The second-order valence-electron chi connectivity index (χ2n) is 10.3. The van der Waals surface area contributed by atoms with Crippen LogP contribution in [-0.2, 0) is 14.4 Å². The number of carbonyl (C=O) groups excluding carboxylic acids is 3. The number of nitrogens with one attached hydrogen (secondary N) is 2. The number of carbonyl (C=O) groups is 3. The molecule has 0 bridgehead atoms. The van der Waals surface area contributed by atoms with Crippen LogP contribution in [0.15, 0.2) is 91.0 Å². The average Bonchev–Trinajstić information content (AvgIpc) is 3.46. The molecule has 10 nitrogen and oxygen atoms in total. The Morgan fingerprint density at radius 1 is 0.717 bits per heavy atom. The lowest BCUT2D eigenvalue weighted by molar-refractivity contribution is -0.125. The van der Waals surface area contributed by atoms with Crippen molar-refractivity contribution in [2.24, 2.45) is 0 Å². The fourth-order valence-corrected chi connectivity index (χ4v) is 5.15. The van der Waals surface area contributed by atoms with E-state index in [0.717, 1.165) is 5.56 Å². The zero-order valence-electron chi connectivity index (χ0n) is 24.2. The molecular weight excluding hydrogens is 578 g/mol. The van der Waals surface area contributed by atoms with E-state index in [2.05, 4.69) is 22.8 Å². The van der Waals surface area contributed by atoms with E-state index in [1.807, 2.05) is 12.1 Å². The van der Waals surface area contributed by atoms with Crippen molar-refractivity contribution in [1.29, 1.82) is 21.0 Å². The van der Waals surface area contributed by atoms with Gasteiger partial charge in [-0.25, -0.2) is 0 Å². The molecule has 1 unspecified atom stereocenters. The molecule has 0 radical (unpaired) electrons. The molecule has 1 aliphatic heterocycles. The first-order valence-electron chi connectivity index (χ1n) is 14.0. The van der Waals surface area contributed by atoms with E-state index in [1.165, 1.54) is 11.0 Å². The van der Waals surface area contributed by atoms with Gasteiger partial charge in [0, 0.05) is 35.6 Å². The Bertz CT molecular complexity index is 2060. The number of nitrogens with zero attached hydrogens (tertiary/aromatic N) is 5. The monoisotopic (exact) mass is 601 g/mol. The zero-order valence-corrected chi connectivity index (χ0v) is 24.2. The highest BCUT2D eigenvalue weighted by Crippen LogP contribution is 2.42. The lowest BCUT2D eigenvalue weighted by Crippen LogP contribution is -2.33. The van der Waals surface area contributed by atoms with Crippen molar-refractivity contribution in [3.8, 4) is 24.3 Å². The van der Waals surface area contributed by atoms with Gasteiger partial charge in [-0.1, -0.05) is 12.1 Å². The predicted octanol–water partition coefficient (Wildman–Crippen LogP) is 5.33. The molecule has 0 saturated carbocycles. The fraction of sp³-hybridized carbons (Fsp3) is 0.0833. The third-order valence-electron chi connectivity index (χ3n) is 7.38. The number of fused-ring (bicyclic) bond motifs is 1. The predicted molar refractivity (Wildman–Crippen MR) is 170 cm³/mol. The van der Waals surface area contributed by atoms with Gasteiger partial charge in [0.25, 0.3) is 0 Å². The average molecular weight is 602 g/mol. The number of nitriles is 4. The lowest BCUT2D eigenvalue weighted by Gasteiger charge is -2.19. The van der Waals surface area contributed by atoms with Crippen LogP contribution in [0, 0.1) is 45.3 Å². The van der Waals surface area contributed by atoms with Crippen LogP contribution in [0.3, 0.4) is 0 Å². The minimum atomic E-state index is -0.537. The Kier molecular flexibility index (Phi) is 8.95. The van der Waals surface area contributed by atoms with Crippen LogP contribution in [0.5, 0.6) is 0 Å². The van der Waals surface area contributed by atoms with Gasteiger partial charge in [-0.05, 0) is 95.6 Å². The SMILES string of the molecule is N#Cc1ccc(/C=C/C(=O)Nc2ccc(C#N)c(C3CN(C(=O)CC(=O)Nc4ccc(C#N)cc4)c4ccc(C#N)cc43)c2)cc1. The molecule has 4 aromatic carbocycles. The smallest absolute Gasteiger partial charge is 0.248 e. The maximum Gasteiger partial charge on any atom is 0.248 e. The quantitative estimate of drug-likeness (QED) is 0.213. The lowest BCUT2D eigenvalue weighted by atomic mass is 9.89. The summed E-state index contributed by atoms with van der Waals surface area (Å²) in [5, 5.41) is 42.9. The molecule has 2 N–H and O–H groups in total. The highest BCUT2D eigenvalue weighted by Gasteiger charge is 2.35. The maximum atomic E-state index is 13.4. The van der Waals surface area contributed by atoms with Crippen LogP contribution in [0.4, 0.5) is 17.1 Å². The van der Waals surface area contributed by atoms with Crippen LogP contribution in [0.1, 0.15) is 51.3 Å². The number of benzene rings is 4. The van der Waals surface area contributed by atoms with Gasteiger partial charge in [-0.15, -0.1) is 0 Å². The second-order valence-corrected chi connectivity index (χ2v) is 10.3. The summed E-state index contributed by atoms with van der Waals surface area (Å²) >= 11 is 0. The molecule has 1 heterocycles. The van der Waals surface area contributed by atoms with Crippen LogP contribution in [0.2, 0.25) is 0 Å². The second kappa shape index (κ2) is 13.5. The number of amides is 3. The van der Waals surface area contributed by atoms with Gasteiger partial charge in [-0.3, -0.25) is 14.4 Å². The summed E-state index contributed by atoms with van der Waals surface area (Å²) in [6.07, 6.45) is 2.50. The van der Waals surface area contributed by atoms with Gasteiger partial charge in [0.15, 0.2) is 0 Å². The van der Waals surface area contributed by atoms with Gasteiger partial charge in [0.05, 0.1) is 46.5 Å². The highest BCUT2D eigenvalue weighted by molar-refractivity contribution is 6.10. The highest BCUT2D eigenvalue weighted by atomic mass is 16.2. The fourth-order valence-electron chi connectivity index (χ4n) is 5.15. The van der Waals surface area contributed by atoms with E-state index >= 15 is 0 Å². The largest absolute Gasteiger partial charge is 0.326 e. The van der Waals surface area contributed by atoms with E-state index in [9.17, 15) is 24.9 Å². The van der Waals surface area contributed by atoms with Gasteiger partial charge in [0.2, 0.25) is 17.7 Å². The van der Waals surface area contributed by atoms with Crippen LogP contribution in [-0.4, -0.2) is 24.3 Å². The van der Waals surface area contributed by atoms with E-state index < -0.39 is 30.1 Å². The standard InChI is InChI=1S/C36H23N7O3/c37-18-24-3-1-23(2-4-24)8-14-34(44)42-29-12-9-27(21-40)30(16-29)32-22-43(33-13-7-26(20-39)15-31(32)33)36(46)17-35(45)41-28-10-5-25(19-38)6-11-28/h1-16,32H,17,22H2,(H,41,45)(H,42,44)/b14-8+. The molecule has 0 spiro atoms. The Labute approximate surface area is 264 Å². The van der Waals surface area contributed by atoms with Crippen molar-refractivity contribution in [2.75, 3.05) is 22.1 Å². The molecule has 1 aliphatic rings. The van der Waals surface area contributed by atoms with Crippen LogP contribution < -0.4 is 15.5 Å². The summed E-state index contributed by atoms with van der Waals surface area (Å²) in [5.74, 6) is -1.95. The van der Waals surface area contributed by atoms with Crippen LogP contribution >= 0.6 is 0 Å². The Morgan fingerprint density at radius 3 is 2.00 bits per heavy atom. The van der Waals surface area contributed by atoms with Crippen molar-refractivity contribution in [2.45, 2.75) is 12.3 Å². The first kappa shape index (κ1) is 30.4. The van der Waals surface area contributed by atoms with E-state index in [0.29, 0.717) is 50.4 Å². The minimum Gasteiger partial charge on any atom is -0.326 e. The summed E-state index contributed by atoms with van der Waals surface area (Å²) < 4.78 is 0. The first-order valence-corrected chi connectivity index (χ1v) is 14.0. The maximum absolute atomic E-state index is 13.4. The molecular formula is C36H23N7O3. The number of hydrogen-bond donors (Lipinski definition) is 2. The topological polar surface area (TPSA) is 174 Å². The van der Waals surface area contributed by atoms with Crippen molar-refractivity contribution < 1.29 is 14.4 Å². The van der Waals surface area contributed by atoms with Crippen LogP contribution in [0.25, 0.3) is 6.08 Å². The number of rotatable bonds is 7. The molecule has 3 amide bonds. The van der Waals surface area contributed by atoms with E-state index in [-0.39, 0.29) is 6.54 Å². The molecule has 10 heteroatoms. The van der Waals surface area contributed by atoms with Gasteiger partial charge < -0.3 is 15.5 Å². The molecule has 0 aromatic heterocycles. The van der Waals surface area contributed by atoms with Crippen molar-refractivity contribution >= 4 is 40.9 Å². The summed E-state index contributed by atoms with van der Waals surface area (Å²) in [4.78, 5) is 40.4. The van der Waals surface area contributed by atoms with Crippen molar-refractivity contribution in [3.63, 3.8) is 0 Å². The summed E-state index contributed by atoms with van der Waals surface area (Å²) in [6, 6.07) is 31.1. The summed E-state index contributed by atoms with van der Waals surface area (Å²) in [7, 11) is 0. The van der Waals surface area contributed by atoms with Gasteiger partial charge in [-0.2, -0.15) is 21.0 Å². The molecule has 0 saturated heterocycles. The Balaban J connectivity index is 1.37. The number of anilines is 3. The van der Waals surface area contributed by atoms with Gasteiger partial charge >= 0.3 is 0 Å². The Hall–Kier alpha value is -7.01. The van der Waals surface area contributed by atoms with E-state index in [1.54, 1.807) is 91.0 Å².